The number of unbranched alkanes of at least 4 members (excludes halogenated alkanes) is 1. The lowest BCUT2D eigenvalue weighted by molar-refractivity contribution is 0.134. The number of hydrogen-bond acceptors (Lipinski definition) is 2. The summed E-state index contributed by atoms with van der Waals surface area (Å²) in [6, 6.07) is 3.67. The van der Waals surface area contributed by atoms with Crippen molar-refractivity contribution in [2.75, 3.05) is 6.61 Å². The van der Waals surface area contributed by atoms with Crippen LogP contribution in [0.5, 0.6) is 0 Å². The molecule has 0 aliphatic carbocycles. The lowest BCUT2D eigenvalue weighted by Gasteiger charge is -2.42. The normalized spacial score (nSPS) is 14.4. The van der Waals surface area contributed by atoms with Crippen LogP contribution in [-0.2, 0) is 8.85 Å². The first-order valence-corrected chi connectivity index (χ1v) is 16.2. The lowest BCUT2D eigenvalue weighted by Crippen LogP contribution is -2.48. The predicted molar refractivity (Wildman–Crippen MR) is 128 cm³/mol. The van der Waals surface area contributed by atoms with Gasteiger partial charge in [-0.15, -0.1) is 6.58 Å². The Bertz CT molecular complexity index is 360. The predicted octanol–water partition coefficient (Wildman–Crippen LogP) is 8.32. The number of allylic oxidation sites excluding steroid dienone is 1. The van der Waals surface area contributed by atoms with Gasteiger partial charge in [0.2, 0.25) is 0 Å². The highest BCUT2D eigenvalue weighted by Crippen LogP contribution is 2.42. The minimum atomic E-state index is -1.78. The molecule has 0 amide bonds. The first kappa shape index (κ1) is 27.1. The van der Waals surface area contributed by atoms with E-state index < -0.39 is 16.6 Å². The molecule has 0 aliphatic rings. The van der Waals surface area contributed by atoms with Crippen LogP contribution >= 0.6 is 0 Å². The van der Waals surface area contributed by atoms with Crippen LogP contribution in [-0.4, -0.2) is 29.3 Å². The van der Waals surface area contributed by atoms with Gasteiger partial charge in [0.05, 0.1) is 0 Å². The van der Waals surface area contributed by atoms with Gasteiger partial charge in [-0.3, -0.25) is 0 Å². The molecule has 0 aromatic carbocycles. The molecule has 0 saturated carbocycles. The molecule has 0 N–H and O–H groups in total. The molecular weight excluding hydrogens is 364 g/mol. The Morgan fingerprint density at radius 1 is 0.815 bits per heavy atom. The fourth-order valence-electron chi connectivity index (χ4n) is 4.97. The minimum absolute atomic E-state index is 0.356. The third-order valence-corrected chi connectivity index (χ3v) is 17.6. The van der Waals surface area contributed by atoms with Gasteiger partial charge in [-0.05, 0) is 60.4 Å². The van der Waals surface area contributed by atoms with Crippen LogP contribution in [0, 0.1) is 0 Å². The smallest absolute Gasteiger partial charge is 0.200 e. The first-order valence-electron chi connectivity index (χ1n) is 11.6. The molecule has 162 valence electrons. The van der Waals surface area contributed by atoms with E-state index in [1.807, 2.05) is 6.08 Å². The fraction of sp³-hybridized carbons (Fsp3) is 0.913. The summed E-state index contributed by atoms with van der Waals surface area (Å²) < 4.78 is 13.7. The molecule has 27 heavy (non-hydrogen) atoms. The average molecular weight is 415 g/mol. The Kier molecular flexibility index (Phi) is 13.4. The van der Waals surface area contributed by atoms with Gasteiger partial charge in [-0.25, -0.2) is 0 Å². The number of rotatable bonds is 16. The highest BCUT2D eigenvalue weighted by Gasteiger charge is 2.45. The van der Waals surface area contributed by atoms with Crippen molar-refractivity contribution in [3.63, 3.8) is 0 Å². The quantitative estimate of drug-likeness (QED) is 0.143. The first-order chi connectivity index (χ1) is 12.7. The summed E-state index contributed by atoms with van der Waals surface area (Å²) in [6.07, 6.45) is 6.84. The zero-order valence-corrected chi connectivity index (χ0v) is 22.1. The van der Waals surface area contributed by atoms with E-state index in [4.69, 9.17) is 8.85 Å². The van der Waals surface area contributed by atoms with E-state index in [2.05, 4.69) is 68.9 Å². The summed E-state index contributed by atoms with van der Waals surface area (Å²) >= 11 is 0. The van der Waals surface area contributed by atoms with Gasteiger partial charge in [0, 0.05) is 12.7 Å². The van der Waals surface area contributed by atoms with Gasteiger partial charge in [-0.1, -0.05) is 68.4 Å². The molecule has 2 nitrogen and oxygen atoms in total. The molecule has 1 atom stereocenters. The Hall–Kier alpha value is 0.0938. The Morgan fingerprint density at radius 2 is 1.30 bits per heavy atom. The molecule has 4 heteroatoms. The van der Waals surface area contributed by atoms with Crippen molar-refractivity contribution in [2.45, 2.75) is 129 Å². The van der Waals surface area contributed by atoms with E-state index in [9.17, 15) is 0 Å². The highest BCUT2D eigenvalue weighted by molar-refractivity contribution is 6.77. The van der Waals surface area contributed by atoms with Crippen molar-refractivity contribution >= 4 is 16.6 Å². The maximum Gasteiger partial charge on any atom is 0.200 e. The van der Waals surface area contributed by atoms with Gasteiger partial charge < -0.3 is 8.85 Å². The van der Waals surface area contributed by atoms with E-state index in [1.165, 1.54) is 24.6 Å². The SMILES string of the molecule is C=CCCC[C@@H](CCO[Si](C(C)C)(C(C)C)C(C)C)O[Si](CC)(CC)CC. The van der Waals surface area contributed by atoms with Gasteiger partial charge >= 0.3 is 0 Å². The van der Waals surface area contributed by atoms with Crippen molar-refractivity contribution in [1.29, 1.82) is 0 Å². The summed E-state index contributed by atoms with van der Waals surface area (Å²) in [4.78, 5) is 0. The second-order valence-corrected chi connectivity index (χ2v) is 19.3. The Morgan fingerprint density at radius 3 is 1.67 bits per heavy atom. The molecule has 0 aromatic rings. The van der Waals surface area contributed by atoms with E-state index in [-0.39, 0.29) is 0 Å². The molecule has 0 radical (unpaired) electrons. The van der Waals surface area contributed by atoms with Gasteiger partial charge in [0.25, 0.3) is 0 Å². The zero-order valence-electron chi connectivity index (χ0n) is 20.1. The monoisotopic (exact) mass is 414 g/mol. The molecule has 0 fully saturated rings. The van der Waals surface area contributed by atoms with Gasteiger partial charge in [0.15, 0.2) is 16.6 Å². The Balaban J connectivity index is 5.13. The standard InChI is InChI=1S/C23H50O2Si2/c1-11-15-16-17-23(25-26(12-2,13-3)14-4)18-19-24-27(20(5)6,21(7)8)22(9)10/h11,20-23H,1,12-19H2,2-10H3/t23-/m0/s1. The molecule has 0 saturated heterocycles. The molecule has 0 rings (SSSR count). The van der Waals surface area contributed by atoms with Crippen LogP contribution in [0.3, 0.4) is 0 Å². The number of hydrogen-bond donors (Lipinski definition) is 0. The largest absolute Gasteiger partial charge is 0.416 e. The highest BCUT2D eigenvalue weighted by atomic mass is 28.4. The second kappa shape index (κ2) is 13.3. The van der Waals surface area contributed by atoms with Crippen molar-refractivity contribution in [3.8, 4) is 0 Å². The third-order valence-electron chi connectivity index (χ3n) is 6.78. The van der Waals surface area contributed by atoms with Crippen LogP contribution < -0.4 is 0 Å². The van der Waals surface area contributed by atoms with Crippen molar-refractivity contribution in [2.24, 2.45) is 0 Å². The molecule has 0 unspecified atom stereocenters. The topological polar surface area (TPSA) is 18.5 Å². The van der Waals surface area contributed by atoms with E-state index in [0.29, 0.717) is 22.7 Å². The van der Waals surface area contributed by atoms with Crippen molar-refractivity contribution in [3.05, 3.63) is 12.7 Å². The van der Waals surface area contributed by atoms with Crippen LogP contribution in [0.15, 0.2) is 12.7 Å². The summed E-state index contributed by atoms with van der Waals surface area (Å²) in [5.74, 6) is 0. The summed E-state index contributed by atoms with van der Waals surface area (Å²) in [7, 11) is -3.35. The third kappa shape index (κ3) is 7.79. The van der Waals surface area contributed by atoms with Crippen LogP contribution in [0.25, 0.3) is 0 Å². The zero-order chi connectivity index (χ0) is 21.1. The summed E-state index contributed by atoms with van der Waals surface area (Å²) in [5.41, 5.74) is 1.94. The molecular formula is C23H50O2Si2. The summed E-state index contributed by atoms with van der Waals surface area (Å²) in [6.45, 7) is 25.9. The second-order valence-electron chi connectivity index (χ2n) is 9.16. The van der Waals surface area contributed by atoms with E-state index in [1.54, 1.807) is 0 Å². The molecule has 0 spiro atoms. The summed E-state index contributed by atoms with van der Waals surface area (Å²) in [5, 5.41) is 0. The molecule has 0 bridgehead atoms. The van der Waals surface area contributed by atoms with E-state index >= 15 is 0 Å². The fourth-order valence-corrected chi connectivity index (χ4v) is 13.4. The minimum Gasteiger partial charge on any atom is -0.416 e. The van der Waals surface area contributed by atoms with E-state index in [0.717, 1.165) is 25.9 Å². The van der Waals surface area contributed by atoms with Crippen LogP contribution in [0.4, 0.5) is 0 Å². The van der Waals surface area contributed by atoms with Crippen LogP contribution in [0.1, 0.15) is 88.0 Å². The van der Waals surface area contributed by atoms with Crippen molar-refractivity contribution in [1.82, 2.24) is 0 Å². The molecule has 0 aromatic heterocycles. The molecule has 0 heterocycles. The average Bonchev–Trinajstić information content (AvgIpc) is 2.62. The molecule has 0 aliphatic heterocycles. The maximum absolute atomic E-state index is 6.87. The maximum atomic E-state index is 6.87. The van der Waals surface area contributed by atoms with Crippen LogP contribution in [0.2, 0.25) is 34.8 Å². The van der Waals surface area contributed by atoms with Gasteiger partial charge in [0.1, 0.15) is 0 Å². The lowest BCUT2D eigenvalue weighted by atomic mass is 10.1. The van der Waals surface area contributed by atoms with Gasteiger partial charge in [-0.2, -0.15) is 0 Å². The Labute approximate surface area is 173 Å². The van der Waals surface area contributed by atoms with Crippen molar-refractivity contribution < 1.29 is 8.85 Å².